The van der Waals surface area contributed by atoms with Crippen molar-refractivity contribution in [2.75, 3.05) is 20.8 Å². The topological polar surface area (TPSA) is 102 Å². The van der Waals surface area contributed by atoms with Crippen LogP contribution in [0.5, 0.6) is 17.2 Å². The van der Waals surface area contributed by atoms with Gasteiger partial charge in [0, 0.05) is 10.6 Å². The van der Waals surface area contributed by atoms with E-state index in [0.29, 0.717) is 48.3 Å². The summed E-state index contributed by atoms with van der Waals surface area (Å²) in [6.07, 6.45) is 0. The number of hydrogen-bond donors (Lipinski definition) is 0. The van der Waals surface area contributed by atoms with E-state index in [1.807, 2.05) is 41.8 Å². The molecule has 1 atom stereocenters. The first-order valence-electron chi connectivity index (χ1n) is 11.5. The van der Waals surface area contributed by atoms with Gasteiger partial charge in [0.25, 0.3) is 0 Å². The molecule has 3 aromatic carbocycles. The molecule has 1 aromatic heterocycles. The summed E-state index contributed by atoms with van der Waals surface area (Å²) < 4.78 is 19.3. The van der Waals surface area contributed by atoms with Gasteiger partial charge in [-0.15, -0.1) is 10.2 Å². The second-order valence-electron chi connectivity index (χ2n) is 8.26. The van der Waals surface area contributed by atoms with Gasteiger partial charge in [0.15, 0.2) is 16.7 Å². The highest BCUT2D eigenvalue weighted by Gasteiger charge is 2.26. The van der Waals surface area contributed by atoms with Gasteiger partial charge in [-0.05, 0) is 82.5 Å². The number of benzene rings is 3. The van der Waals surface area contributed by atoms with E-state index in [0.717, 1.165) is 11.3 Å². The fourth-order valence-corrected chi connectivity index (χ4v) is 5.82. The molecule has 4 rings (SSSR count). The van der Waals surface area contributed by atoms with Crippen molar-refractivity contribution in [3.05, 3.63) is 96.2 Å². The predicted molar refractivity (Wildman–Crippen MR) is 155 cm³/mol. The molecule has 0 fully saturated rings. The van der Waals surface area contributed by atoms with Gasteiger partial charge in [-0.2, -0.15) is 0 Å². The lowest BCUT2D eigenvalue weighted by molar-refractivity contribution is -0.479. The number of ether oxygens (including phenoxy) is 3. The zero-order chi connectivity index (χ0) is 28.1. The molecule has 0 radical (unpaired) electrons. The highest BCUT2D eigenvalue weighted by atomic mass is 79.9. The smallest absolute Gasteiger partial charge is 0.220 e. The highest BCUT2D eigenvalue weighted by molar-refractivity contribution is 9.10. The lowest BCUT2D eigenvalue weighted by Gasteiger charge is -2.18. The van der Waals surface area contributed by atoms with E-state index in [1.165, 1.54) is 18.9 Å². The lowest BCUT2D eigenvalue weighted by atomic mass is 10.1. The van der Waals surface area contributed by atoms with Crippen LogP contribution in [-0.4, -0.2) is 40.5 Å². The van der Waals surface area contributed by atoms with E-state index < -0.39 is 5.25 Å². The Morgan fingerprint density at radius 2 is 1.79 bits per heavy atom. The summed E-state index contributed by atoms with van der Waals surface area (Å²) in [7, 11) is 3.11. The molecule has 204 valence electrons. The monoisotopic (exact) mass is 652 g/mol. The van der Waals surface area contributed by atoms with Crippen LogP contribution in [0.3, 0.4) is 0 Å². The van der Waals surface area contributed by atoms with Crippen molar-refractivity contribution in [1.29, 1.82) is 0 Å². The summed E-state index contributed by atoms with van der Waals surface area (Å²) in [4.78, 5) is 11.3. The minimum Gasteiger partial charge on any atom is -0.497 e. The second kappa shape index (κ2) is 12.9. The number of hydrogen-bond acceptors (Lipinski definition) is 8. The van der Waals surface area contributed by atoms with Gasteiger partial charge >= 0.3 is 0 Å². The third-order valence-corrected chi connectivity index (χ3v) is 8.19. The Morgan fingerprint density at radius 3 is 2.44 bits per heavy atom. The molecular weight excluding hydrogens is 631 g/mol. The van der Waals surface area contributed by atoms with Crippen molar-refractivity contribution in [3.63, 3.8) is 0 Å². The van der Waals surface area contributed by atoms with Crippen molar-refractivity contribution in [2.45, 2.75) is 23.9 Å². The summed E-state index contributed by atoms with van der Waals surface area (Å²) in [5.41, 5.74) is 2.28. The molecule has 9 nitrogen and oxygen atoms in total. The first-order chi connectivity index (χ1) is 18.7. The molecule has 0 aliphatic heterocycles. The van der Waals surface area contributed by atoms with Crippen molar-refractivity contribution < 1.29 is 19.1 Å². The number of methoxy groups -OCH3 is 2. The van der Waals surface area contributed by atoms with E-state index in [-0.39, 0.29) is 18.1 Å². The minimum absolute atomic E-state index is 0.211. The van der Waals surface area contributed by atoms with Crippen molar-refractivity contribution >= 4 is 50.9 Å². The molecule has 0 amide bonds. The molecule has 0 unspecified atom stereocenters. The molecule has 4 aromatic rings. The first-order valence-corrected chi connectivity index (χ1v) is 13.9. The van der Waals surface area contributed by atoms with Crippen molar-refractivity contribution in [1.82, 2.24) is 14.8 Å². The maximum absolute atomic E-state index is 11.7. The largest absolute Gasteiger partial charge is 0.497 e. The van der Waals surface area contributed by atoms with Gasteiger partial charge in [0.1, 0.15) is 23.4 Å². The Morgan fingerprint density at radius 1 is 1.05 bits per heavy atom. The van der Waals surface area contributed by atoms with E-state index in [2.05, 4.69) is 26.1 Å². The summed E-state index contributed by atoms with van der Waals surface area (Å²) in [5, 5.41) is 21.0. The molecule has 0 aliphatic rings. The number of aromatic nitrogens is 3. The van der Waals surface area contributed by atoms with E-state index in [4.69, 9.17) is 37.4 Å². The maximum atomic E-state index is 11.7. The Kier molecular flexibility index (Phi) is 9.60. The number of nitro groups is 1. The molecule has 0 N–H and O–H groups in total. The fraction of sp³-hybridized carbons (Fsp3) is 0.231. The zero-order valence-electron chi connectivity index (χ0n) is 21.1. The zero-order valence-corrected chi connectivity index (χ0v) is 25.0. The normalized spacial score (nSPS) is 11.7. The second-order valence-corrected chi connectivity index (χ2v) is 11.1. The Balaban J connectivity index is 1.64. The van der Waals surface area contributed by atoms with Crippen LogP contribution in [0.2, 0.25) is 10.0 Å². The average molecular weight is 654 g/mol. The van der Waals surface area contributed by atoms with Gasteiger partial charge in [0.2, 0.25) is 6.54 Å². The predicted octanol–water partition coefficient (Wildman–Crippen LogP) is 7.35. The fourth-order valence-electron chi connectivity index (χ4n) is 3.77. The molecule has 0 bridgehead atoms. The van der Waals surface area contributed by atoms with E-state index >= 15 is 0 Å². The molecule has 13 heteroatoms. The Bertz CT molecular complexity index is 1490. The van der Waals surface area contributed by atoms with Gasteiger partial charge in [-0.1, -0.05) is 41.0 Å². The van der Waals surface area contributed by atoms with Crippen LogP contribution in [0.25, 0.3) is 5.69 Å². The first kappa shape index (κ1) is 29.0. The minimum atomic E-state index is -0.602. The van der Waals surface area contributed by atoms with Crippen LogP contribution >= 0.6 is 50.9 Å². The number of halogens is 3. The summed E-state index contributed by atoms with van der Waals surface area (Å²) >= 11 is 16.9. The SMILES string of the molecule is COc1ccc(-n2c(C)nnc2S[C@@H](C[N+](=O)[O-])c2cc(Br)c(OCc3ccc(Cl)c(Cl)c3)c(OC)c2)cc1. The third-order valence-electron chi connectivity index (χ3n) is 5.68. The van der Waals surface area contributed by atoms with Crippen LogP contribution in [0.15, 0.2) is 64.2 Å². The van der Waals surface area contributed by atoms with Crippen molar-refractivity contribution in [2.24, 2.45) is 0 Å². The third kappa shape index (κ3) is 6.96. The van der Waals surface area contributed by atoms with Crippen LogP contribution in [0.1, 0.15) is 22.2 Å². The molecule has 0 saturated heterocycles. The number of thioether (sulfide) groups is 1. The van der Waals surface area contributed by atoms with Gasteiger partial charge in [-0.25, -0.2) is 0 Å². The lowest BCUT2D eigenvalue weighted by Crippen LogP contribution is -2.12. The molecular formula is C26H23BrCl2N4O5S. The van der Waals surface area contributed by atoms with Crippen molar-refractivity contribution in [3.8, 4) is 22.9 Å². The molecule has 0 aliphatic carbocycles. The quantitative estimate of drug-likeness (QED) is 0.0941. The summed E-state index contributed by atoms with van der Waals surface area (Å²) in [6.45, 7) is 1.68. The van der Waals surface area contributed by atoms with Crippen LogP contribution < -0.4 is 14.2 Å². The molecule has 0 saturated carbocycles. The Hall–Kier alpha value is -2.99. The average Bonchev–Trinajstić information content (AvgIpc) is 3.28. The van der Waals surface area contributed by atoms with Crippen LogP contribution in [-0.2, 0) is 6.61 Å². The van der Waals surface area contributed by atoms with Gasteiger partial charge in [0.05, 0.1) is 28.7 Å². The van der Waals surface area contributed by atoms with Crippen LogP contribution in [0, 0.1) is 17.0 Å². The number of nitrogens with zero attached hydrogens (tertiary/aromatic N) is 4. The standard InChI is InChI=1S/C26H23BrCl2N4O5S/c1-15-30-31-26(33(15)18-5-7-19(36-2)8-6-18)39-24(13-32(34)35)17-11-20(27)25(23(12-17)37-3)38-14-16-4-9-21(28)22(29)10-16/h4-12,24H,13-14H2,1-3H3/t24-/m0/s1. The molecule has 1 heterocycles. The van der Waals surface area contributed by atoms with E-state index in [9.17, 15) is 10.1 Å². The van der Waals surface area contributed by atoms with E-state index in [1.54, 1.807) is 31.4 Å². The summed E-state index contributed by atoms with van der Waals surface area (Å²) in [5.74, 6) is 2.23. The maximum Gasteiger partial charge on any atom is 0.220 e. The molecule has 39 heavy (non-hydrogen) atoms. The van der Waals surface area contributed by atoms with Gasteiger partial charge < -0.3 is 14.2 Å². The van der Waals surface area contributed by atoms with Gasteiger partial charge in [-0.3, -0.25) is 14.7 Å². The number of aryl methyl sites for hydroxylation is 1. The Labute approximate surface area is 247 Å². The van der Waals surface area contributed by atoms with Crippen LogP contribution in [0.4, 0.5) is 0 Å². The number of rotatable bonds is 11. The molecule has 0 spiro atoms. The highest BCUT2D eigenvalue weighted by Crippen LogP contribution is 2.43. The summed E-state index contributed by atoms with van der Waals surface area (Å²) in [6, 6.07) is 16.2.